The van der Waals surface area contributed by atoms with Crippen molar-refractivity contribution < 1.29 is 9.53 Å². The van der Waals surface area contributed by atoms with Gasteiger partial charge in [0.2, 0.25) is 0 Å². The molecule has 1 fully saturated rings. The Morgan fingerprint density at radius 1 is 1.57 bits per heavy atom. The molecule has 0 aliphatic heterocycles. The van der Waals surface area contributed by atoms with Crippen LogP contribution in [-0.2, 0) is 9.53 Å². The lowest BCUT2D eigenvalue weighted by Crippen LogP contribution is -2.58. The molecule has 0 aromatic rings. The van der Waals surface area contributed by atoms with E-state index in [-0.39, 0.29) is 5.97 Å². The molecule has 3 nitrogen and oxygen atoms in total. The zero-order valence-corrected chi connectivity index (χ0v) is 9.43. The number of carbonyl (C=O) groups is 1. The zero-order chi connectivity index (χ0) is 10.6. The first-order valence-corrected chi connectivity index (χ1v) is 5.50. The van der Waals surface area contributed by atoms with Gasteiger partial charge in [-0.05, 0) is 25.3 Å². The number of methoxy groups -OCH3 is 1. The van der Waals surface area contributed by atoms with Crippen LogP contribution in [0, 0.1) is 5.92 Å². The van der Waals surface area contributed by atoms with Crippen LogP contribution in [0.5, 0.6) is 0 Å². The molecule has 3 heteroatoms. The van der Waals surface area contributed by atoms with Crippen LogP contribution >= 0.6 is 0 Å². The number of hydrogen-bond acceptors (Lipinski definition) is 3. The summed E-state index contributed by atoms with van der Waals surface area (Å²) in [5.74, 6) is 0.287. The van der Waals surface area contributed by atoms with Crippen molar-refractivity contribution in [2.45, 2.75) is 45.1 Å². The van der Waals surface area contributed by atoms with Crippen LogP contribution in [0.25, 0.3) is 0 Å². The second kappa shape index (κ2) is 4.78. The quantitative estimate of drug-likeness (QED) is 0.703. The number of ether oxygens (including phenoxy) is 1. The fraction of sp³-hybridized carbons (Fsp3) is 0.909. The summed E-state index contributed by atoms with van der Waals surface area (Å²) in [6, 6.07) is 0. The van der Waals surface area contributed by atoms with Crippen molar-refractivity contribution >= 4 is 5.97 Å². The van der Waals surface area contributed by atoms with Gasteiger partial charge < -0.3 is 10.1 Å². The Labute approximate surface area is 86.2 Å². The lowest BCUT2D eigenvalue weighted by molar-refractivity contribution is -0.152. The Balaban J connectivity index is 2.82. The predicted molar refractivity (Wildman–Crippen MR) is 56.1 cm³/mol. The topological polar surface area (TPSA) is 38.3 Å². The van der Waals surface area contributed by atoms with E-state index in [4.69, 9.17) is 4.74 Å². The molecule has 1 rings (SSSR count). The van der Waals surface area contributed by atoms with E-state index >= 15 is 0 Å². The molecule has 0 spiro atoms. The Morgan fingerprint density at radius 3 is 2.79 bits per heavy atom. The maximum atomic E-state index is 11.8. The Hall–Kier alpha value is -0.570. The molecule has 0 aromatic carbocycles. The summed E-state index contributed by atoms with van der Waals surface area (Å²) in [6.45, 7) is 4.99. The van der Waals surface area contributed by atoms with Crippen molar-refractivity contribution in [3.63, 3.8) is 0 Å². The Kier molecular flexibility index (Phi) is 3.93. The first-order valence-electron chi connectivity index (χ1n) is 5.50. The van der Waals surface area contributed by atoms with Gasteiger partial charge in [0.1, 0.15) is 5.54 Å². The average Bonchev–Trinajstić information content (AvgIpc) is 2.20. The highest BCUT2D eigenvalue weighted by atomic mass is 16.5. The highest BCUT2D eigenvalue weighted by Gasteiger charge is 2.44. The van der Waals surface area contributed by atoms with E-state index in [2.05, 4.69) is 12.2 Å². The summed E-state index contributed by atoms with van der Waals surface area (Å²) in [6.07, 6.45) is 4.37. The largest absolute Gasteiger partial charge is 0.468 e. The third-order valence-electron chi connectivity index (χ3n) is 3.34. The lowest BCUT2D eigenvalue weighted by Gasteiger charge is -2.40. The van der Waals surface area contributed by atoms with Crippen molar-refractivity contribution in [1.29, 1.82) is 0 Å². The van der Waals surface area contributed by atoms with Crippen LogP contribution in [0.4, 0.5) is 0 Å². The number of likely N-dealkylation sites (N-methyl/N-ethyl adjacent to an activating group) is 1. The third kappa shape index (κ3) is 1.92. The molecule has 14 heavy (non-hydrogen) atoms. The van der Waals surface area contributed by atoms with Gasteiger partial charge in [0.25, 0.3) is 0 Å². The van der Waals surface area contributed by atoms with E-state index in [9.17, 15) is 4.79 Å². The van der Waals surface area contributed by atoms with Gasteiger partial charge >= 0.3 is 5.97 Å². The van der Waals surface area contributed by atoms with Crippen molar-refractivity contribution in [3.8, 4) is 0 Å². The molecule has 1 aliphatic rings. The SMILES string of the molecule is CCNC1(C(=O)OC)CCCCC1C. The third-order valence-corrected chi connectivity index (χ3v) is 3.34. The van der Waals surface area contributed by atoms with Crippen molar-refractivity contribution in [2.24, 2.45) is 5.92 Å². The van der Waals surface area contributed by atoms with Gasteiger partial charge in [-0.15, -0.1) is 0 Å². The van der Waals surface area contributed by atoms with Gasteiger partial charge in [-0.25, -0.2) is 0 Å². The predicted octanol–water partition coefficient (Wildman–Crippen LogP) is 1.72. The van der Waals surface area contributed by atoms with Gasteiger partial charge in [0.05, 0.1) is 7.11 Å². The van der Waals surface area contributed by atoms with Gasteiger partial charge in [0.15, 0.2) is 0 Å². The fourth-order valence-corrected chi connectivity index (χ4v) is 2.48. The van der Waals surface area contributed by atoms with E-state index in [0.29, 0.717) is 5.92 Å². The molecule has 0 amide bonds. The molecular formula is C11H21NO2. The fourth-order valence-electron chi connectivity index (χ4n) is 2.48. The van der Waals surface area contributed by atoms with Gasteiger partial charge in [-0.1, -0.05) is 26.7 Å². The minimum absolute atomic E-state index is 0.0912. The summed E-state index contributed by atoms with van der Waals surface area (Å²) < 4.78 is 4.91. The first kappa shape index (κ1) is 11.5. The summed E-state index contributed by atoms with van der Waals surface area (Å²) >= 11 is 0. The number of hydrogen-bond donors (Lipinski definition) is 1. The monoisotopic (exact) mass is 199 g/mol. The van der Waals surface area contributed by atoms with Crippen LogP contribution in [0.1, 0.15) is 39.5 Å². The molecular weight excluding hydrogens is 178 g/mol. The van der Waals surface area contributed by atoms with Crippen molar-refractivity contribution in [2.75, 3.05) is 13.7 Å². The second-order valence-corrected chi connectivity index (χ2v) is 4.14. The Morgan fingerprint density at radius 2 is 2.29 bits per heavy atom. The number of carbonyl (C=O) groups excluding carboxylic acids is 1. The maximum Gasteiger partial charge on any atom is 0.326 e. The summed E-state index contributed by atoms with van der Waals surface area (Å²) in [7, 11) is 1.47. The number of nitrogens with one attached hydrogen (secondary N) is 1. The van der Waals surface area contributed by atoms with E-state index in [1.54, 1.807) is 0 Å². The van der Waals surface area contributed by atoms with E-state index in [1.165, 1.54) is 13.5 Å². The first-order chi connectivity index (χ1) is 6.67. The zero-order valence-electron chi connectivity index (χ0n) is 9.43. The van der Waals surface area contributed by atoms with E-state index in [0.717, 1.165) is 25.8 Å². The summed E-state index contributed by atoms with van der Waals surface area (Å²) in [5, 5.41) is 3.32. The highest BCUT2D eigenvalue weighted by Crippen LogP contribution is 2.34. The minimum atomic E-state index is -0.415. The number of esters is 1. The number of rotatable bonds is 3. The Bertz CT molecular complexity index is 201. The van der Waals surface area contributed by atoms with Crippen LogP contribution < -0.4 is 5.32 Å². The molecule has 82 valence electrons. The van der Waals surface area contributed by atoms with Crippen LogP contribution in [0.2, 0.25) is 0 Å². The molecule has 1 saturated carbocycles. The van der Waals surface area contributed by atoms with Crippen LogP contribution in [0.15, 0.2) is 0 Å². The normalized spacial score (nSPS) is 32.6. The second-order valence-electron chi connectivity index (χ2n) is 4.14. The summed E-state index contributed by atoms with van der Waals surface area (Å²) in [5.41, 5.74) is -0.415. The molecule has 1 aliphatic carbocycles. The standard InChI is InChI=1S/C11H21NO2/c1-4-12-11(10(13)14-3)8-6-5-7-9(11)2/h9,12H,4-8H2,1-3H3. The minimum Gasteiger partial charge on any atom is -0.468 e. The average molecular weight is 199 g/mol. The van der Waals surface area contributed by atoms with Crippen molar-refractivity contribution in [1.82, 2.24) is 5.32 Å². The lowest BCUT2D eigenvalue weighted by atomic mass is 9.73. The highest BCUT2D eigenvalue weighted by molar-refractivity contribution is 5.81. The molecule has 0 heterocycles. The molecule has 0 radical (unpaired) electrons. The van der Waals surface area contributed by atoms with Crippen molar-refractivity contribution in [3.05, 3.63) is 0 Å². The molecule has 1 N–H and O–H groups in total. The molecule has 2 atom stereocenters. The van der Waals surface area contributed by atoms with Gasteiger partial charge in [-0.3, -0.25) is 4.79 Å². The van der Waals surface area contributed by atoms with Crippen LogP contribution in [-0.4, -0.2) is 25.2 Å². The van der Waals surface area contributed by atoms with E-state index < -0.39 is 5.54 Å². The smallest absolute Gasteiger partial charge is 0.326 e. The van der Waals surface area contributed by atoms with E-state index in [1.807, 2.05) is 6.92 Å². The summed E-state index contributed by atoms with van der Waals surface area (Å²) in [4.78, 5) is 11.8. The molecule has 2 unspecified atom stereocenters. The van der Waals surface area contributed by atoms with Crippen LogP contribution in [0.3, 0.4) is 0 Å². The van der Waals surface area contributed by atoms with Gasteiger partial charge in [0, 0.05) is 0 Å². The molecule has 0 saturated heterocycles. The maximum absolute atomic E-state index is 11.8. The van der Waals surface area contributed by atoms with Gasteiger partial charge in [-0.2, -0.15) is 0 Å². The molecule has 0 bridgehead atoms. The molecule has 0 aromatic heterocycles.